The zero-order valence-corrected chi connectivity index (χ0v) is 16.5. The Hall–Kier alpha value is -3.09. The molecule has 1 heterocycles. The molecule has 0 fully saturated rings. The predicted molar refractivity (Wildman–Crippen MR) is 107 cm³/mol. The number of ether oxygens (including phenoxy) is 1. The van der Waals surface area contributed by atoms with E-state index in [1.807, 2.05) is 24.3 Å². The summed E-state index contributed by atoms with van der Waals surface area (Å²) in [6.07, 6.45) is 6.53. The minimum Gasteiger partial charge on any atom is -0.442 e. The molecule has 7 heteroatoms. The van der Waals surface area contributed by atoms with E-state index in [1.54, 1.807) is 26.8 Å². The van der Waals surface area contributed by atoms with Gasteiger partial charge in [-0.25, -0.2) is 4.79 Å². The zero-order valence-electron chi connectivity index (χ0n) is 16.5. The highest BCUT2D eigenvalue weighted by Gasteiger charge is 2.22. The van der Waals surface area contributed by atoms with Gasteiger partial charge < -0.3 is 10.1 Å². The summed E-state index contributed by atoms with van der Waals surface area (Å²) in [7, 11) is 0. The first-order chi connectivity index (χ1) is 13.1. The Morgan fingerprint density at radius 1 is 1.32 bits per heavy atom. The molecule has 1 aromatic heterocycles. The quantitative estimate of drug-likeness (QED) is 0.851. The minimum atomic E-state index is -0.665. The highest BCUT2D eigenvalue weighted by molar-refractivity contribution is 5.89. The molecular formula is C21H25N3O4. The highest BCUT2D eigenvalue weighted by atomic mass is 16.6. The van der Waals surface area contributed by atoms with E-state index < -0.39 is 11.7 Å². The Bertz CT molecular complexity index is 1030. The van der Waals surface area contributed by atoms with E-state index in [0.717, 1.165) is 15.9 Å². The van der Waals surface area contributed by atoms with Crippen molar-refractivity contribution in [3.63, 3.8) is 0 Å². The van der Waals surface area contributed by atoms with E-state index in [9.17, 15) is 14.4 Å². The van der Waals surface area contributed by atoms with Crippen molar-refractivity contribution in [3.8, 4) is 0 Å². The summed E-state index contributed by atoms with van der Waals surface area (Å²) in [6.45, 7) is 6.80. The molecule has 1 aliphatic carbocycles. The van der Waals surface area contributed by atoms with Crippen LogP contribution in [0.25, 0.3) is 10.9 Å². The molecule has 0 radical (unpaired) electrons. The van der Waals surface area contributed by atoms with Crippen molar-refractivity contribution in [2.45, 2.75) is 46.1 Å². The van der Waals surface area contributed by atoms with Crippen LogP contribution in [0.15, 0.2) is 46.9 Å². The van der Waals surface area contributed by atoms with Crippen LogP contribution in [0.1, 0.15) is 39.7 Å². The molecule has 1 aromatic carbocycles. The second-order valence-corrected chi connectivity index (χ2v) is 7.99. The first-order valence-corrected chi connectivity index (χ1v) is 9.25. The smallest absolute Gasteiger partial charge is 0.434 e. The summed E-state index contributed by atoms with van der Waals surface area (Å²) in [6, 6.07) is 5.43. The number of carbonyl (C=O) groups is 2. The van der Waals surface area contributed by atoms with Crippen LogP contribution in [0.3, 0.4) is 0 Å². The maximum Gasteiger partial charge on any atom is 0.434 e. The van der Waals surface area contributed by atoms with Gasteiger partial charge in [-0.15, -0.1) is 0 Å². The number of nitrogens with one attached hydrogen (secondary N) is 2. The van der Waals surface area contributed by atoms with Gasteiger partial charge in [0.2, 0.25) is 5.91 Å². The number of amides is 1. The van der Waals surface area contributed by atoms with Gasteiger partial charge in [0.25, 0.3) is 5.56 Å². The molecule has 1 unspecified atom stereocenters. The summed E-state index contributed by atoms with van der Waals surface area (Å²) >= 11 is 0. The maximum absolute atomic E-state index is 12.6. The standard InChI is InChI=1S/C21H25N3O4/c1-13(25)22-16-9-5-7-14(12-16)11-15-8-6-10-17-18(15)19(26)23-24(17)20(27)28-21(2,3)4/h5-10,14H,11-12H2,1-4H3,(H,22,25)(H,23,26). The van der Waals surface area contributed by atoms with Crippen molar-refractivity contribution in [1.29, 1.82) is 0 Å². The molecule has 0 bridgehead atoms. The van der Waals surface area contributed by atoms with Crippen LogP contribution in [0, 0.1) is 5.92 Å². The lowest BCUT2D eigenvalue weighted by molar-refractivity contribution is -0.118. The summed E-state index contributed by atoms with van der Waals surface area (Å²) in [5.41, 5.74) is 1.21. The van der Waals surface area contributed by atoms with Crippen LogP contribution < -0.4 is 10.9 Å². The van der Waals surface area contributed by atoms with E-state index in [-0.39, 0.29) is 17.4 Å². The molecule has 2 N–H and O–H groups in total. The van der Waals surface area contributed by atoms with Crippen LogP contribution in [-0.4, -0.2) is 27.4 Å². The zero-order chi connectivity index (χ0) is 20.5. The molecule has 1 aliphatic rings. The van der Waals surface area contributed by atoms with E-state index in [1.165, 1.54) is 6.92 Å². The number of benzene rings is 1. The van der Waals surface area contributed by atoms with Gasteiger partial charge >= 0.3 is 6.09 Å². The van der Waals surface area contributed by atoms with Crippen molar-refractivity contribution in [3.05, 3.63) is 58.0 Å². The average molecular weight is 383 g/mol. The molecular weight excluding hydrogens is 358 g/mol. The topological polar surface area (TPSA) is 93.2 Å². The summed E-state index contributed by atoms with van der Waals surface area (Å²) in [5, 5.41) is 5.90. The van der Waals surface area contributed by atoms with Crippen LogP contribution >= 0.6 is 0 Å². The van der Waals surface area contributed by atoms with Crippen molar-refractivity contribution < 1.29 is 14.3 Å². The van der Waals surface area contributed by atoms with Gasteiger partial charge in [-0.1, -0.05) is 24.3 Å². The fourth-order valence-electron chi connectivity index (χ4n) is 3.36. The molecule has 0 saturated heterocycles. The second-order valence-electron chi connectivity index (χ2n) is 7.99. The van der Waals surface area contributed by atoms with E-state index in [4.69, 9.17) is 4.74 Å². The van der Waals surface area contributed by atoms with Gasteiger partial charge in [-0.2, -0.15) is 4.68 Å². The lowest BCUT2D eigenvalue weighted by Crippen LogP contribution is -2.28. The number of aromatic nitrogens is 2. The number of aromatic amines is 1. The van der Waals surface area contributed by atoms with Crippen molar-refractivity contribution in [2.75, 3.05) is 0 Å². The molecule has 148 valence electrons. The van der Waals surface area contributed by atoms with Gasteiger partial charge in [-0.05, 0) is 57.2 Å². The molecule has 3 rings (SSSR count). The fourth-order valence-corrected chi connectivity index (χ4v) is 3.36. The molecule has 0 spiro atoms. The van der Waals surface area contributed by atoms with Crippen molar-refractivity contribution in [2.24, 2.45) is 5.92 Å². The summed E-state index contributed by atoms with van der Waals surface area (Å²) < 4.78 is 6.54. The Morgan fingerprint density at radius 2 is 2.07 bits per heavy atom. The van der Waals surface area contributed by atoms with Gasteiger partial charge in [0.15, 0.2) is 0 Å². The summed E-state index contributed by atoms with van der Waals surface area (Å²) in [5.74, 6) is 0.0370. The first-order valence-electron chi connectivity index (χ1n) is 9.25. The minimum absolute atomic E-state index is 0.103. The normalized spacial score (nSPS) is 16.7. The number of hydrogen-bond acceptors (Lipinski definition) is 4. The third-order valence-corrected chi connectivity index (χ3v) is 4.37. The number of H-pyrrole nitrogens is 1. The number of fused-ring (bicyclic) bond motifs is 1. The fraction of sp³-hybridized carbons (Fsp3) is 0.381. The van der Waals surface area contributed by atoms with E-state index in [2.05, 4.69) is 16.5 Å². The number of carbonyl (C=O) groups excluding carboxylic acids is 2. The van der Waals surface area contributed by atoms with E-state index in [0.29, 0.717) is 23.7 Å². The second kappa shape index (κ2) is 7.50. The number of allylic oxidation sites excluding steroid dienone is 4. The molecule has 0 aliphatic heterocycles. The average Bonchev–Trinajstić information content (AvgIpc) is 2.91. The van der Waals surface area contributed by atoms with Crippen LogP contribution in [0.5, 0.6) is 0 Å². The van der Waals surface area contributed by atoms with Crippen LogP contribution in [0.4, 0.5) is 4.79 Å². The molecule has 1 amide bonds. The van der Waals surface area contributed by atoms with Gasteiger partial charge in [0, 0.05) is 12.6 Å². The first kappa shape index (κ1) is 19.7. The van der Waals surface area contributed by atoms with Crippen LogP contribution in [-0.2, 0) is 16.0 Å². The number of hydrogen-bond donors (Lipinski definition) is 2. The monoisotopic (exact) mass is 383 g/mol. The highest BCUT2D eigenvalue weighted by Crippen LogP contribution is 2.25. The van der Waals surface area contributed by atoms with E-state index >= 15 is 0 Å². The van der Waals surface area contributed by atoms with Gasteiger partial charge in [-0.3, -0.25) is 14.7 Å². The largest absolute Gasteiger partial charge is 0.442 e. The Kier molecular flexibility index (Phi) is 5.27. The molecule has 28 heavy (non-hydrogen) atoms. The molecule has 7 nitrogen and oxygen atoms in total. The Labute approximate surface area is 163 Å². The third-order valence-electron chi connectivity index (χ3n) is 4.37. The third kappa shape index (κ3) is 4.42. The SMILES string of the molecule is CC(=O)NC1=CC=CC(Cc2cccc3c2c(=O)[nH]n3C(=O)OC(C)(C)C)C1. The maximum atomic E-state index is 12.6. The number of nitrogens with zero attached hydrogens (tertiary/aromatic N) is 1. The Balaban J connectivity index is 1.89. The van der Waals surface area contributed by atoms with Crippen molar-refractivity contribution >= 4 is 22.9 Å². The van der Waals surface area contributed by atoms with Gasteiger partial charge in [0.05, 0.1) is 10.9 Å². The Morgan fingerprint density at radius 3 is 2.75 bits per heavy atom. The van der Waals surface area contributed by atoms with Crippen LogP contribution in [0.2, 0.25) is 0 Å². The van der Waals surface area contributed by atoms with Gasteiger partial charge in [0.1, 0.15) is 5.60 Å². The lowest BCUT2D eigenvalue weighted by Gasteiger charge is -2.20. The molecule has 2 aromatic rings. The lowest BCUT2D eigenvalue weighted by atomic mass is 9.90. The molecule has 0 saturated carbocycles. The number of rotatable bonds is 3. The molecule has 1 atom stereocenters. The summed E-state index contributed by atoms with van der Waals surface area (Å²) in [4.78, 5) is 36.3. The van der Waals surface area contributed by atoms with Crippen molar-refractivity contribution in [1.82, 2.24) is 15.1 Å². The predicted octanol–water partition coefficient (Wildman–Crippen LogP) is 3.25.